The van der Waals surface area contributed by atoms with Gasteiger partial charge in [0.25, 0.3) is 5.91 Å². The lowest BCUT2D eigenvalue weighted by Crippen LogP contribution is -2.46. The van der Waals surface area contributed by atoms with Crippen molar-refractivity contribution in [1.82, 2.24) is 15.8 Å². The fraction of sp³-hybridized carbons (Fsp3) is 0.235. The molecule has 25 heavy (non-hydrogen) atoms. The van der Waals surface area contributed by atoms with E-state index >= 15 is 0 Å². The van der Waals surface area contributed by atoms with Gasteiger partial charge in [-0.25, -0.2) is 4.98 Å². The van der Waals surface area contributed by atoms with Gasteiger partial charge in [-0.1, -0.05) is 12.1 Å². The second kappa shape index (κ2) is 6.66. The van der Waals surface area contributed by atoms with Gasteiger partial charge in [0.15, 0.2) is 16.5 Å². The molecule has 2 aromatic heterocycles. The molecular formula is C17H15N3O4S. The molecule has 0 bridgehead atoms. The third-order valence-electron chi connectivity index (χ3n) is 3.86. The molecule has 1 aliphatic heterocycles. The monoisotopic (exact) mass is 357 g/mol. The van der Waals surface area contributed by atoms with Gasteiger partial charge in [0.2, 0.25) is 0 Å². The SMILES string of the molecule is O=C(NNC(=O)[C@@H]1CCCO1)c1ccc(-c2nc3ccccc3s2)o1. The summed E-state index contributed by atoms with van der Waals surface area (Å²) < 4.78 is 11.9. The van der Waals surface area contributed by atoms with Crippen molar-refractivity contribution >= 4 is 33.4 Å². The number of ether oxygens (including phenoxy) is 1. The molecule has 1 aliphatic rings. The summed E-state index contributed by atoms with van der Waals surface area (Å²) in [4.78, 5) is 28.4. The number of benzene rings is 1. The molecule has 0 saturated carbocycles. The molecule has 0 radical (unpaired) electrons. The van der Waals surface area contributed by atoms with Crippen molar-refractivity contribution in [2.24, 2.45) is 0 Å². The van der Waals surface area contributed by atoms with E-state index in [0.717, 1.165) is 16.6 Å². The van der Waals surface area contributed by atoms with E-state index in [1.54, 1.807) is 12.1 Å². The number of hydrogen-bond donors (Lipinski definition) is 2. The minimum Gasteiger partial charge on any atom is -0.448 e. The van der Waals surface area contributed by atoms with Gasteiger partial charge in [-0.3, -0.25) is 20.4 Å². The van der Waals surface area contributed by atoms with E-state index in [1.807, 2.05) is 24.3 Å². The number of nitrogens with one attached hydrogen (secondary N) is 2. The number of carbonyl (C=O) groups is 2. The van der Waals surface area contributed by atoms with Gasteiger partial charge in [-0.05, 0) is 37.1 Å². The summed E-state index contributed by atoms with van der Waals surface area (Å²) >= 11 is 1.49. The number of carbonyl (C=O) groups excluding carboxylic acids is 2. The van der Waals surface area contributed by atoms with E-state index in [-0.39, 0.29) is 11.7 Å². The number of hydrazine groups is 1. The fourth-order valence-electron chi connectivity index (χ4n) is 2.60. The lowest BCUT2D eigenvalue weighted by atomic mass is 10.2. The molecule has 8 heteroatoms. The molecule has 1 saturated heterocycles. The standard InChI is InChI=1S/C17H15N3O4S/c21-15(11-5-3-9-23-11)19-20-16(22)12-7-8-13(24-12)17-18-10-4-1-2-6-14(10)25-17/h1-2,4,6-8,11H,3,5,9H2,(H,19,21)(H,20,22)/t11-/m0/s1. The van der Waals surface area contributed by atoms with Gasteiger partial charge >= 0.3 is 5.91 Å². The van der Waals surface area contributed by atoms with E-state index in [0.29, 0.717) is 23.8 Å². The quantitative estimate of drug-likeness (QED) is 0.703. The number of para-hydroxylation sites is 1. The van der Waals surface area contributed by atoms with Crippen LogP contribution < -0.4 is 10.9 Å². The van der Waals surface area contributed by atoms with Crippen molar-refractivity contribution in [1.29, 1.82) is 0 Å². The van der Waals surface area contributed by atoms with Crippen LogP contribution in [0.3, 0.4) is 0 Å². The highest BCUT2D eigenvalue weighted by molar-refractivity contribution is 7.21. The van der Waals surface area contributed by atoms with Crippen LogP contribution in [-0.4, -0.2) is 29.5 Å². The fourth-order valence-corrected chi connectivity index (χ4v) is 3.52. The number of fused-ring (bicyclic) bond motifs is 1. The maximum Gasteiger partial charge on any atom is 0.305 e. The van der Waals surface area contributed by atoms with E-state index < -0.39 is 12.0 Å². The van der Waals surface area contributed by atoms with Crippen molar-refractivity contribution in [2.45, 2.75) is 18.9 Å². The number of aromatic nitrogens is 1. The molecule has 0 aliphatic carbocycles. The molecule has 1 fully saturated rings. The zero-order valence-electron chi connectivity index (χ0n) is 13.2. The molecule has 128 valence electrons. The molecule has 4 rings (SSSR count). The van der Waals surface area contributed by atoms with Gasteiger partial charge in [-0.2, -0.15) is 0 Å². The Morgan fingerprint density at radius 1 is 1.16 bits per heavy atom. The molecule has 3 heterocycles. The Bertz CT molecular complexity index is 894. The Kier molecular flexibility index (Phi) is 4.21. The third-order valence-corrected chi connectivity index (χ3v) is 4.91. The summed E-state index contributed by atoms with van der Waals surface area (Å²) in [6.07, 6.45) is 0.996. The van der Waals surface area contributed by atoms with Crippen LogP contribution in [0.4, 0.5) is 0 Å². The van der Waals surface area contributed by atoms with Gasteiger partial charge in [0, 0.05) is 6.61 Å². The minimum absolute atomic E-state index is 0.0990. The summed E-state index contributed by atoms with van der Waals surface area (Å²) in [6.45, 7) is 0.565. The van der Waals surface area contributed by atoms with Gasteiger partial charge in [0.05, 0.1) is 10.2 Å². The largest absolute Gasteiger partial charge is 0.448 e. The minimum atomic E-state index is -0.529. The lowest BCUT2D eigenvalue weighted by molar-refractivity contribution is -0.130. The van der Waals surface area contributed by atoms with Crippen molar-refractivity contribution in [3.05, 3.63) is 42.2 Å². The average molecular weight is 357 g/mol. The molecule has 0 spiro atoms. The Hall–Kier alpha value is -2.71. The van der Waals surface area contributed by atoms with Crippen molar-refractivity contribution in [2.75, 3.05) is 6.61 Å². The summed E-state index contributed by atoms with van der Waals surface area (Å²) in [5.41, 5.74) is 5.58. The van der Waals surface area contributed by atoms with Crippen LogP contribution >= 0.6 is 11.3 Å². The molecule has 7 nitrogen and oxygen atoms in total. The zero-order chi connectivity index (χ0) is 17.2. The maximum atomic E-state index is 12.1. The zero-order valence-corrected chi connectivity index (χ0v) is 14.0. The highest BCUT2D eigenvalue weighted by atomic mass is 32.1. The summed E-state index contributed by atoms with van der Waals surface area (Å²) in [5.74, 6) is -0.277. The van der Waals surface area contributed by atoms with Crippen LogP contribution in [0.2, 0.25) is 0 Å². The molecule has 1 atom stereocenters. The van der Waals surface area contributed by atoms with Crippen LogP contribution in [0.5, 0.6) is 0 Å². The number of rotatable bonds is 3. The number of hydrogen-bond acceptors (Lipinski definition) is 6. The molecule has 2 amide bonds. The van der Waals surface area contributed by atoms with Crippen LogP contribution in [0.1, 0.15) is 23.4 Å². The molecule has 3 aromatic rings. The molecule has 2 N–H and O–H groups in total. The van der Waals surface area contributed by atoms with Gasteiger partial charge < -0.3 is 9.15 Å². The van der Waals surface area contributed by atoms with Crippen LogP contribution in [0.15, 0.2) is 40.8 Å². The van der Waals surface area contributed by atoms with E-state index in [9.17, 15) is 9.59 Å². The number of furan rings is 1. The van der Waals surface area contributed by atoms with Crippen molar-refractivity contribution < 1.29 is 18.7 Å². The summed E-state index contributed by atoms with van der Waals surface area (Å²) in [5, 5.41) is 0.698. The van der Waals surface area contributed by atoms with E-state index in [1.165, 1.54) is 11.3 Å². The second-order valence-electron chi connectivity index (χ2n) is 5.60. The highest BCUT2D eigenvalue weighted by Crippen LogP contribution is 2.31. The summed E-state index contributed by atoms with van der Waals surface area (Å²) in [7, 11) is 0. The first-order chi connectivity index (χ1) is 12.2. The van der Waals surface area contributed by atoms with Crippen LogP contribution in [-0.2, 0) is 9.53 Å². The normalized spacial score (nSPS) is 16.9. The first-order valence-electron chi connectivity index (χ1n) is 7.88. The molecule has 0 unspecified atom stereocenters. The number of thiazole rings is 1. The van der Waals surface area contributed by atoms with Crippen molar-refractivity contribution in [3.8, 4) is 10.8 Å². The molecular weight excluding hydrogens is 342 g/mol. The predicted octanol–water partition coefficient (Wildman–Crippen LogP) is 2.50. The highest BCUT2D eigenvalue weighted by Gasteiger charge is 2.24. The number of amides is 2. The summed E-state index contributed by atoms with van der Waals surface area (Å²) in [6, 6.07) is 11.0. The first kappa shape index (κ1) is 15.8. The number of nitrogens with zero attached hydrogens (tertiary/aromatic N) is 1. The van der Waals surface area contributed by atoms with Crippen molar-refractivity contribution in [3.63, 3.8) is 0 Å². The predicted molar refractivity (Wildman–Crippen MR) is 91.9 cm³/mol. The Morgan fingerprint density at radius 2 is 2.04 bits per heavy atom. The van der Waals surface area contributed by atoms with E-state index in [2.05, 4.69) is 15.8 Å². The van der Waals surface area contributed by atoms with Crippen LogP contribution in [0.25, 0.3) is 21.0 Å². The topological polar surface area (TPSA) is 93.5 Å². The molecule has 1 aromatic carbocycles. The second-order valence-corrected chi connectivity index (χ2v) is 6.63. The maximum absolute atomic E-state index is 12.1. The Morgan fingerprint density at radius 3 is 2.84 bits per heavy atom. The van der Waals surface area contributed by atoms with Crippen LogP contribution in [0, 0.1) is 0 Å². The van der Waals surface area contributed by atoms with E-state index in [4.69, 9.17) is 9.15 Å². The smallest absolute Gasteiger partial charge is 0.305 e. The van der Waals surface area contributed by atoms with Gasteiger partial charge in [-0.15, -0.1) is 11.3 Å². The lowest BCUT2D eigenvalue weighted by Gasteiger charge is -2.10. The van der Waals surface area contributed by atoms with Gasteiger partial charge in [0.1, 0.15) is 6.10 Å². The average Bonchev–Trinajstić information content (AvgIpc) is 3.38. The first-order valence-corrected chi connectivity index (χ1v) is 8.70. The Labute approximate surface area is 147 Å². The Balaban J connectivity index is 1.43. The third kappa shape index (κ3) is 3.26.